The van der Waals surface area contributed by atoms with Gasteiger partial charge >= 0.3 is 12.2 Å². The molecular weight excluding hydrogens is 401 g/mol. The van der Waals surface area contributed by atoms with Gasteiger partial charge in [-0.05, 0) is 31.0 Å². The van der Waals surface area contributed by atoms with Gasteiger partial charge in [-0.1, -0.05) is 17.3 Å². The normalized spacial score (nSPS) is 22.8. The molecule has 1 aromatic carbocycles. The van der Waals surface area contributed by atoms with Crippen LogP contribution in [0.5, 0.6) is 0 Å². The highest BCUT2D eigenvalue weighted by atomic mass is 19.4. The first-order valence-electron chi connectivity index (χ1n) is 9.78. The van der Waals surface area contributed by atoms with E-state index in [1.54, 1.807) is 23.8 Å². The lowest BCUT2D eigenvalue weighted by Gasteiger charge is -2.44. The number of carbonyl (C=O) groups is 1. The second kappa shape index (κ2) is 7.90. The standard InChI is InChI=1S/C20H23F3N4O3/c1-12-24-18(30-25-12)15-7-14(13-3-5-16(6-4-13)20(21,22)23)8-26(9-15)19(28)27-10-17(11-27)29-2/h3-6,14-15,17H,7-11H2,1-2H3. The number of aryl methyl sites for hydroxylation is 1. The summed E-state index contributed by atoms with van der Waals surface area (Å²) in [5, 5.41) is 3.84. The van der Waals surface area contributed by atoms with Crippen molar-refractivity contribution in [3.05, 3.63) is 47.1 Å². The van der Waals surface area contributed by atoms with Crippen molar-refractivity contribution in [2.45, 2.75) is 37.5 Å². The quantitative estimate of drug-likeness (QED) is 0.755. The van der Waals surface area contributed by atoms with Gasteiger partial charge in [0.05, 0.1) is 30.7 Å². The minimum absolute atomic E-state index is 0.0406. The van der Waals surface area contributed by atoms with Crippen molar-refractivity contribution in [3.63, 3.8) is 0 Å². The Bertz CT molecular complexity index is 893. The largest absolute Gasteiger partial charge is 0.416 e. The van der Waals surface area contributed by atoms with Crippen LogP contribution in [0, 0.1) is 6.92 Å². The van der Waals surface area contributed by atoms with Gasteiger partial charge in [-0.15, -0.1) is 0 Å². The number of alkyl halides is 3. The van der Waals surface area contributed by atoms with Crippen LogP contribution in [0.4, 0.5) is 18.0 Å². The van der Waals surface area contributed by atoms with Crippen molar-refractivity contribution in [2.75, 3.05) is 33.3 Å². The van der Waals surface area contributed by atoms with E-state index in [9.17, 15) is 18.0 Å². The van der Waals surface area contributed by atoms with Crippen LogP contribution in [-0.2, 0) is 10.9 Å². The summed E-state index contributed by atoms with van der Waals surface area (Å²) in [6, 6.07) is 5.03. The molecule has 1 aromatic heterocycles. The molecule has 2 atom stereocenters. The second-order valence-electron chi connectivity index (χ2n) is 7.88. The van der Waals surface area contributed by atoms with E-state index in [2.05, 4.69) is 10.1 Å². The molecule has 0 radical (unpaired) electrons. The summed E-state index contributed by atoms with van der Waals surface area (Å²) in [7, 11) is 1.61. The summed E-state index contributed by atoms with van der Waals surface area (Å²) in [5.74, 6) is 0.628. The molecule has 2 aliphatic heterocycles. The topological polar surface area (TPSA) is 71.7 Å². The molecule has 4 rings (SSSR count). The molecule has 2 amide bonds. The van der Waals surface area contributed by atoms with Crippen molar-refractivity contribution < 1.29 is 27.2 Å². The zero-order valence-electron chi connectivity index (χ0n) is 16.7. The fourth-order valence-electron chi connectivity index (χ4n) is 4.04. The van der Waals surface area contributed by atoms with Crippen LogP contribution in [0.3, 0.4) is 0 Å². The van der Waals surface area contributed by atoms with E-state index in [1.807, 2.05) is 0 Å². The average Bonchev–Trinajstić information content (AvgIpc) is 3.12. The smallest absolute Gasteiger partial charge is 0.378 e. The molecule has 2 fully saturated rings. The van der Waals surface area contributed by atoms with Gasteiger partial charge in [0.2, 0.25) is 5.89 Å². The molecule has 2 aromatic rings. The zero-order valence-corrected chi connectivity index (χ0v) is 16.7. The number of nitrogens with zero attached hydrogens (tertiary/aromatic N) is 4. The number of carbonyl (C=O) groups excluding carboxylic acids is 1. The van der Waals surface area contributed by atoms with Crippen molar-refractivity contribution in [1.29, 1.82) is 0 Å². The Morgan fingerprint density at radius 3 is 2.30 bits per heavy atom. The summed E-state index contributed by atoms with van der Waals surface area (Å²) in [5.41, 5.74) is 0.0605. The van der Waals surface area contributed by atoms with Crippen LogP contribution in [-0.4, -0.2) is 65.4 Å². The Labute approximate surface area is 171 Å². The number of ether oxygens (including phenoxy) is 1. The van der Waals surface area contributed by atoms with Crippen LogP contribution >= 0.6 is 0 Å². The molecule has 0 saturated carbocycles. The van der Waals surface area contributed by atoms with E-state index in [0.717, 1.165) is 17.7 Å². The summed E-state index contributed by atoms with van der Waals surface area (Å²) in [4.78, 5) is 20.7. The van der Waals surface area contributed by atoms with Gasteiger partial charge in [-0.25, -0.2) is 4.79 Å². The second-order valence-corrected chi connectivity index (χ2v) is 7.88. The molecule has 0 N–H and O–H groups in total. The Morgan fingerprint density at radius 1 is 1.10 bits per heavy atom. The third-order valence-electron chi connectivity index (χ3n) is 5.77. The average molecular weight is 424 g/mol. The third kappa shape index (κ3) is 4.14. The molecule has 7 nitrogen and oxygen atoms in total. The van der Waals surface area contributed by atoms with Gasteiger partial charge in [-0.3, -0.25) is 0 Å². The van der Waals surface area contributed by atoms with E-state index in [4.69, 9.17) is 9.26 Å². The SMILES string of the molecule is COC1CN(C(=O)N2CC(c3ccc(C(F)(F)F)cc3)CC(c3nc(C)no3)C2)C1. The van der Waals surface area contributed by atoms with Crippen LogP contribution in [0.15, 0.2) is 28.8 Å². The lowest BCUT2D eigenvalue weighted by molar-refractivity contribution is -0.137. The van der Waals surface area contributed by atoms with E-state index >= 15 is 0 Å². The predicted octanol–water partition coefficient (Wildman–Crippen LogP) is 3.42. The van der Waals surface area contributed by atoms with Crippen LogP contribution in [0.25, 0.3) is 0 Å². The predicted molar refractivity (Wildman–Crippen MR) is 99.9 cm³/mol. The Morgan fingerprint density at radius 2 is 1.73 bits per heavy atom. The number of urea groups is 1. The van der Waals surface area contributed by atoms with E-state index in [-0.39, 0.29) is 24.0 Å². The van der Waals surface area contributed by atoms with Gasteiger partial charge in [0.15, 0.2) is 5.82 Å². The molecule has 3 heterocycles. The van der Waals surface area contributed by atoms with E-state index in [0.29, 0.717) is 44.3 Å². The number of methoxy groups -OCH3 is 1. The minimum Gasteiger partial charge on any atom is -0.378 e. The van der Waals surface area contributed by atoms with Crippen LogP contribution in [0.2, 0.25) is 0 Å². The maximum atomic E-state index is 13.0. The summed E-state index contributed by atoms with van der Waals surface area (Å²) < 4.78 is 49.3. The van der Waals surface area contributed by atoms with Crippen molar-refractivity contribution >= 4 is 6.03 Å². The highest BCUT2D eigenvalue weighted by Gasteiger charge is 2.39. The highest BCUT2D eigenvalue weighted by molar-refractivity contribution is 5.75. The zero-order chi connectivity index (χ0) is 21.5. The molecule has 0 bridgehead atoms. The first kappa shape index (κ1) is 20.6. The molecule has 0 spiro atoms. The number of rotatable bonds is 3. The highest BCUT2D eigenvalue weighted by Crippen LogP contribution is 2.37. The number of hydrogen-bond acceptors (Lipinski definition) is 5. The van der Waals surface area contributed by atoms with Gasteiger partial charge < -0.3 is 19.1 Å². The van der Waals surface area contributed by atoms with E-state index < -0.39 is 11.7 Å². The number of amides is 2. The van der Waals surface area contributed by atoms with Crippen molar-refractivity contribution in [3.8, 4) is 0 Å². The van der Waals surface area contributed by atoms with Gasteiger partial charge in [0.25, 0.3) is 0 Å². The molecule has 2 unspecified atom stereocenters. The number of aromatic nitrogens is 2. The first-order valence-corrected chi connectivity index (χ1v) is 9.78. The first-order chi connectivity index (χ1) is 14.2. The number of piperidine rings is 1. The molecule has 2 saturated heterocycles. The molecule has 10 heteroatoms. The summed E-state index contributed by atoms with van der Waals surface area (Å²) in [6.07, 6.45) is -3.73. The van der Waals surface area contributed by atoms with Crippen molar-refractivity contribution in [1.82, 2.24) is 19.9 Å². The van der Waals surface area contributed by atoms with Gasteiger partial charge in [-0.2, -0.15) is 18.2 Å². The molecule has 162 valence electrons. The summed E-state index contributed by atoms with van der Waals surface area (Å²) >= 11 is 0. The molecule has 0 aliphatic carbocycles. The number of benzene rings is 1. The lowest BCUT2D eigenvalue weighted by atomic mass is 9.84. The molecular formula is C20H23F3N4O3. The summed E-state index contributed by atoms with van der Waals surface area (Å²) in [6.45, 7) is 3.62. The van der Waals surface area contributed by atoms with E-state index in [1.165, 1.54) is 12.1 Å². The number of halogens is 3. The molecule has 30 heavy (non-hydrogen) atoms. The minimum atomic E-state index is -4.38. The number of hydrogen-bond donors (Lipinski definition) is 0. The maximum absolute atomic E-state index is 13.0. The van der Waals surface area contributed by atoms with Gasteiger partial charge in [0, 0.05) is 26.1 Å². The molecule has 2 aliphatic rings. The van der Waals surface area contributed by atoms with Crippen LogP contribution in [0.1, 0.15) is 41.1 Å². The lowest BCUT2D eigenvalue weighted by Crippen LogP contribution is -2.59. The van der Waals surface area contributed by atoms with Gasteiger partial charge in [0.1, 0.15) is 0 Å². The van der Waals surface area contributed by atoms with Crippen molar-refractivity contribution in [2.24, 2.45) is 0 Å². The fraction of sp³-hybridized carbons (Fsp3) is 0.550. The van der Waals surface area contributed by atoms with Crippen LogP contribution < -0.4 is 0 Å². The third-order valence-corrected chi connectivity index (χ3v) is 5.77. The Hall–Kier alpha value is -2.62. The maximum Gasteiger partial charge on any atom is 0.416 e. The Balaban J connectivity index is 1.55. The fourth-order valence-corrected chi connectivity index (χ4v) is 4.04. The Kier molecular flexibility index (Phi) is 5.44. The number of likely N-dealkylation sites (tertiary alicyclic amines) is 2. The monoisotopic (exact) mass is 424 g/mol.